The van der Waals surface area contributed by atoms with E-state index in [0.29, 0.717) is 12.8 Å². The van der Waals surface area contributed by atoms with E-state index in [1.807, 2.05) is 13.0 Å². The molecule has 0 saturated carbocycles. The third kappa shape index (κ3) is 1.87. The van der Waals surface area contributed by atoms with Crippen molar-refractivity contribution < 1.29 is 9.59 Å². The van der Waals surface area contributed by atoms with Crippen LogP contribution in [-0.4, -0.2) is 12.1 Å². The van der Waals surface area contributed by atoms with Crippen molar-refractivity contribution in [3.63, 3.8) is 0 Å². The Balaban J connectivity index is 2.75. The van der Waals surface area contributed by atoms with Gasteiger partial charge >= 0.3 is 0 Å². The normalized spacial score (nSPS) is 25.9. The van der Waals surface area contributed by atoms with Crippen molar-refractivity contribution in [3.8, 4) is 0 Å². The van der Waals surface area contributed by atoms with E-state index in [1.54, 1.807) is 0 Å². The average molecular weight is 180 g/mol. The van der Waals surface area contributed by atoms with E-state index in [4.69, 9.17) is 0 Å². The maximum absolute atomic E-state index is 11.6. The number of aldehydes is 1. The predicted molar refractivity (Wildman–Crippen MR) is 51.3 cm³/mol. The highest BCUT2D eigenvalue weighted by atomic mass is 16.1. The molecule has 2 heteroatoms. The second-order valence-electron chi connectivity index (χ2n) is 4.31. The molecule has 0 N–H and O–H groups in total. The maximum atomic E-state index is 11.6. The van der Waals surface area contributed by atoms with Crippen molar-refractivity contribution in [2.75, 3.05) is 0 Å². The molecule has 1 aliphatic carbocycles. The van der Waals surface area contributed by atoms with Crippen LogP contribution in [-0.2, 0) is 9.59 Å². The molecule has 0 fully saturated rings. The van der Waals surface area contributed by atoms with Crippen LogP contribution in [0.5, 0.6) is 0 Å². The molecule has 0 radical (unpaired) electrons. The van der Waals surface area contributed by atoms with Gasteiger partial charge < -0.3 is 4.79 Å². The SMILES string of the molecule is CC1=CC(C)(C)C(CCC=O)C1=O. The number of ketones is 1. The Labute approximate surface area is 79.0 Å². The zero-order valence-corrected chi connectivity index (χ0v) is 8.46. The first-order valence-electron chi connectivity index (χ1n) is 4.66. The number of hydrogen-bond donors (Lipinski definition) is 0. The van der Waals surface area contributed by atoms with Crippen LogP contribution in [0.4, 0.5) is 0 Å². The fourth-order valence-electron chi connectivity index (χ4n) is 2.08. The third-order valence-corrected chi connectivity index (χ3v) is 2.76. The number of Topliss-reactive ketones (excluding diaryl/α,β-unsaturated/α-hetero) is 1. The third-order valence-electron chi connectivity index (χ3n) is 2.76. The number of allylic oxidation sites excluding steroid dienone is 2. The summed E-state index contributed by atoms with van der Waals surface area (Å²) in [7, 11) is 0. The Morgan fingerprint density at radius 1 is 1.54 bits per heavy atom. The van der Waals surface area contributed by atoms with Gasteiger partial charge in [-0.25, -0.2) is 0 Å². The molecule has 0 spiro atoms. The van der Waals surface area contributed by atoms with Gasteiger partial charge in [0.15, 0.2) is 5.78 Å². The summed E-state index contributed by atoms with van der Waals surface area (Å²) in [6.07, 6.45) is 4.08. The van der Waals surface area contributed by atoms with Gasteiger partial charge in [0, 0.05) is 12.3 Å². The maximum Gasteiger partial charge on any atom is 0.162 e. The first kappa shape index (κ1) is 10.2. The molecule has 2 nitrogen and oxygen atoms in total. The van der Waals surface area contributed by atoms with Crippen LogP contribution in [0.2, 0.25) is 0 Å². The zero-order valence-electron chi connectivity index (χ0n) is 8.46. The van der Waals surface area contributed by atoms with Crippen molar-refractivity contribution >= 4 is 12.1 Å². The van der Waals surface area contributed by atoms with Crippen molar-refractivity contribution in [3.05, 3.63) is 11.6 Å². The molecule has 0 amide bonds. The van der Waals surface area contributed by atoms with Crippen LogP contribution in [0, 0.1) is 11.3 Å². The second-order valence-corrected chi connectivity index (χ2v) is 4.31. The molecule has 1 aliphatic rings. The Morgan fingerprint density at radius 2 is 2.15 bits per heavy atom. The molecule has 1 unspecified atom stereocenters. The van der Waals surface area contributed by atoms with Crippen molar-refractivity contribution in [1.82, 2.24) is 0 Å². The van der Waals surface area contributed by atoms with Gasteiger partial charge in [-0.05, 0) is 24.3 Å². The van der Waals surface area contributed by atoms with Gasteiger partial charge in [0.1, 0.15) is 6.29 Å². The van der Waals surface area contributed by atoms with E-state index >= 15 is 0 Å². The topological polar surface area (TPSA) is 34.1 Å². The molecule has 72 valence electrons. The highest BCUT2D eigenvalue weighted by Crippen LogP contribution is 2.40. The summed E-state index contributed by atoms with van der Waals surface area (Å²) >= 11 is 0. The lowest BCUT2D eigenvalue weighted by molar-refractivity contribution is -0.120. The quantitative estimate of drug-likeness (QED) is 0.623. The number of carbonyl (C=O) groups excluding carboxylic acids is 2. The zero-order chi connectivity index (χ0) is 10.1. The Kier molecular flexibility index (Phi) is 2.69. The first-order chi connectivity index (χ1) is 5.99. The van der Waals surface area contributed by atoms with Crippen molar-refractivity contribution in [1.29, 1.82) is 0 Å². The molecule has 0 aromatic carbocycles. The lowest BCUT2D eigenvalue weighted by Crippen LogP contribution is -2.23. The molecule has 0 aliphatic heterocycles. The minimum Gasteiger partial charge on any atom is -0.303 e. The fourth-order valence-corrected chi connectivity index (χ4v) is 2.08. The van der Waals surface area contributed by atoms with Gasteiger partial charge in [-0.1, -0.05) is 19.9 Å². The molecule has 13 heavy (non-hydrogen) atoms. The van der Waals surface area contributed by atoms with E-state index in [-0.39, 0.29) is 17.1 Å². The van der Waals surface area contributed by atoms with Crippen LogP contribution in [0.1, 0.15) is 33.6 Å². The highest BCUT2D eigenvalue weighted by molar-refractivity contribution is 6.00. The highest BCUT2D eigenvalue weighted by Gasteiger charge is 2.38. The van der Waals surface area contributed by atoms with Crippen LogP contribution in [0.15, 0.2) is 11.6 Å². The van der Waals surface area contributed by atoms with Crippen LogP contribution >= 0.6 is 0 Å². The summed E-state index contributed by atoms with van der Waals surface area (Å²) in [6.45, 7) is 5.96. The molecule has 0 saturated heterocycles. The van der Waals surface area contributed by atoms with Crippen LogP contribution in [0.3, 0.4) is 0 Å². The standard InChI is InChI=1S/C11H16O2/c1-8-7-11(2,3)9(10(8)13)5-4-6-12/h6-7,9H,4-5H2,1-3H3. The summed E-state index contributed by atoms with van der Waals surface area (Å²) in [5.74, 6) is 0.226. The second kappa shape index (κ2) is 3.44. The van der Waals surface area contributed by atoms with E-state index in [1.165, 1.54) is 0 Å². The van der Waals surface area contributed by atoms with Gasteiger partial charge in [0.2, 0.25) is 0 Å². The lowest BCUT2D eigenvalue weighted by atomic mass is 9.79. The van der Waals surface area contributed by atoms with E-state index in [2.05, 4.69) is 13.8 Å². The molecule has 0 heterocycles. The van der Waals surface area contributed by atoms with E-state index in [9.17, 15) is 9.59 Å². The van der Waals surface area contributed by atoms with E-state index < -0.39 is 0 Å². The van der Waals surface area contributed by atoms with Gasteiger partial charge in [-0.3, -0.25) is 4.79 Å². The number of hydrogen-bond acceptors (Lipinski definition) is 2. The predicted octanol–water partition coefficient (Wildman–Crippen LogP) is 2.14. The molecule has 1 atom stereocenters. The summed E-state index contributed by atoms with van der Waals surface area (Å²) < 4.78 is 0. The van der Waals surface area contributed by atoms with Crippen LogP contribution < -0.4 is 0 Å². The summed E-state index contributed by atoms with van der Waals surface area (Å²) in [6, 6.07) is 0. The summed E-state index contributed by atoms with van der Waals surface area (Å²) in [5.41, 5.74) is 0.783. The molecule has 0 aromatic rings. The fraction of sp³-hybridized carbons (Fsp3) is 0.636. The van der Waals surface area contributed by atoms with Crippen LogP contribution in [0.25, 0.3) is 0 Å². The Hall–Kier alpha value is -0.920. The molecule has 0 bridgehead atoms. The van der Waals surface area contributed by atoms with Crippen molar-refractivity contribution in [2.24, 2.45) is 11.3 Å². The minimum absolute atomic E-state index is 0.0118. The molecular weight excluding hydrogens is 164 g/mol. The smallest absolute Gasteiger partial charge is 0.162 e. The van der Waals surface area contributed by atoms with Gasteiger partial charge in [0.05, 0.1) is 0 Å². The lowest BCUT2D eigenvalue weighted by Gasteiger charge is -2.23. The monoisotopic (exact) mass is 180 g/mol. The molecule has 1 rings (SSSR count). The van der Waals surface area contributed by atoms with Crippen molar-refractivity contribution in [2.45, 2.75) is 33.6 Å². The van der Waals surface area contributed by atoms with Gasteiger partial charge in [0.25, 0.3) is 0 Å². The Morgan fingerprint density at radius 3 is 2.54 bits per heavy atom. The number of rotatable bonds is 3. The first-order valence-corrected chi connectivity index (χ1v) is 4.66. The van der Waals surface area contributed by atoms with Gasteiger partial charge in [-0.15, -0.1) is 0 Å². The van der Waals surface area contributed by atoms with E-state index in [0.717, 1.165) is 11.9 Å². The molecule has 0 aromatic heterocycles. The minimum atomic E-state index is -0.0653. The average Bonchev–Trinajstić information content (AvgIpc) is 2.20. The Bertz CT molecular complexity index is 261. The van der Waals surface area contributed by atoms with Gasteiger partial charge in [-0.2, -0.15) is 0 Å². The summed E-state index contributed by atoms with van der Waals surface area (Å²) in [5, 5.41) is 0. The largest absolute Gasteiger partial charge is 0.303 e. The summed E-state index contributed by atoms with van der Waals surface area (Å²) in [4.78, 5) is 21.9. The molecular formula is C11H16O2. The number of carbonyl (C=O) groups is 2.